The van der Waals surface area contributed by atoms with Crippen LogP contribution in [0, 0.1) is 0 Å². The number of amides is 3. The molecule has 0 saturated carbocycles. The van der Waals surface area contributed by atoms with Gasteiger partial charge in [0.1, 0.15) is 4.75 Å². The molecule has 1 aliphatic rings. The SMILES string of the molecule is CCCCCCNC(=O)Nc1cccc(-c2ccc([C@@]3(CC(=O)NO)CCCCS3(=O)=O)s2)c1. The monoisotopic (exact) mass is 507 g/mol. The number of hydrogen-bond acceptors (Lipinski definition) is 6. The van der Waals surface area contributed by atoms with Crippen molar-refractivity contribution in [1.29, 1.82) is 0 Å². The zero-order valence-corrected chi connectivity index (χ0v) is 21.1. The fourth-order valence-electron chi connectivity index (χ4n) is 4.33. The highest BCUT2D eigenvalue weighted by Gasteiger charge is 2.49. The molecular formula is C24H33N3O5S2. The number of urea groups is 1. The van der Waals surface area contributed by atoms with Crippen LogP contribution >= 0.6 is 11.3 Å². The first-order chi connectivity index (χ1) is 16.3. The molecule has 1 atom stereocenters. The summed E-state index contributed by atoms with van der Waals surface area (Å²) in [5.41, 5.74) is 3.07. The van der Waals surface area contributed by atoms with E-state index in [9.17, 15) is 18.0 Å². The molecule has 186 valence electrons. The van der Waals surface area contributed by atoms with Crippen molar-refractivity contribution in [2.75, 3.05) is 17.6 Å². The van der Waals surface area contributed by atoms with E-state index < -0.39 is 20.5 Å². The standard InChI is InChI=1S/C24H33N3O5S2/c1-2-3-4-6-14-25-23(29)26-19-10-8-9-18(16-19)20-11-12-21(33-20)24(17-22(28)27-30)13-5-7-15-34(24,31)32/h8-12,16,30H,2-7,13-15,17H2,1H3,(H,27,28)(H2,25,26,29)/t24-/m0/s1. The van der Waals surface area contributed by atoms with E-state index >= 15 is 0 Å². The molecule has 0 radical (unpaired) electrons. The Bertz CT molecular complexity index is 1100. The Hall–Kier alpha value is -2.43. The number of anilines is 1. The van der Waals surface area contributed by atoms with Crippen molar-refractivity contribution in [3.05, 3.63) is 41.3 Å². The molecule has 1 aromatic heterocycles. The van der Waals surface area contributed by atoms with Crippen molar-refractivity contribution in [3.8, 4) is 10.4 Å². The van der Waals surface area contributed by atoms with Crippen LogP contribution in [0.15, 0.2) is 36.4 Å². The van der Waals surface area contributed by atoms with Crippen LogP contribution in [0.4, 0.5) is 10.5 Å². The largest absolute Gasteiger partial charge is 0.338 e. The molecule has 1 aromatic carbocycles. The van der Waals surface area contributed by atoms with Crippen molar-refractivity contribution in [3.63, 3.8) is 0 Å². The lowest BCUT2D eigenvalue weighted by molar-refractivity contribution is -0.130. The van der Waals surface area contributed by atoms with Gasteiger partial charge in [0.05, 0.1) is 12.2 Å². The average Bonchev–Trinajstić information content (AvgIpc) is 3.31. The quantitative estimate of drug-likeness (QED) is 0.209. The summed E-state index contributed by atoms with van der Waals surface area (Å²) in [4.78, 5) is 25.7. The third kappa shape index (κ3) is 6.17. The highest BCUT2D eigenvalue weighted by atomic mass is 32.2. The number of benzene rings is 1. The fraction of sp³-hybridized carbons (Fsp3) is 0.500. The average molecular weight is 508 g/mol. The Morgan fingerprint density at radius 1 is 1.12 bits per heavy atom. The van der Waals surface area contributed by atoms with Gasteiger partial charge >= 0.3 is 6.03 Å². The Morgan fingerprint density at radius 3 is 2.68 bits per heavy atom. The Balaban J connectivity index is 1.77. The number of unbranched alkanes of at least 4 members (excludes halogenated alkanes) is 3. The predicted molar refractivity (Wildman–Crippen MR) is 135 cm³/mol. The molecule has 1 saturated heterocycles. The molecule has 1 fully saturated rings. The van der Waals surface area contributed by atoms with Crippen molar-refractivity contribution in [2.45, 2.75) is 63.0 Å². The number of carbonyl (C=O) groups is 2. The third-order valence-corrected chi connectivity index (χ3v) is 10.2. The lowest BCUT2D eigenvalue weighted by atomic mass is 9.94. The number of hydroxylamine groups is 1. The molecule has 3 rings (SSSR count). The molecule has 0 aliphatic carbocycles. The van der Waals surface area contributed by atoms with Gasteiger partial charge in [0, 0.05) is 22.0 Å². The molecule has 2 aromatic rings. The maximum Gasteiger partial charge on any atom is 0.319 e. The fourth-order valence-corrected chi connectivity index (χ4v) is 8.11. The molecule has 2 heterocycles. The summed E-state index contributed by atoms with van der Waals surface area (Å²) in [5.74, 6) is -0.696. The number of rotatable bonds is 10. The zero-order chi connectivity index (χ0) is 24.6. The summed E-state index contributed by atoms with van der Waals surface area (Å²) in [7, 11) is -3.58. The van der Waals surface area contributed by atoms with Crippen LogP contribution in [0.1, 0.15) is 63.2 Å². The normalized spacial score (nSPS) is 19.4. The van der Waals surface area contributed by atoms with Gasteiger partial charge in [0.15, 0.2) is 9.84 Å². The van der Waals surface area contributed by atoms with Crippen LogP contribution in [0.5, 0.6) is 0 Å². The summed E-state index contributed by atoms with van der Waals surface area (Å²) >= 11 is 1.33. The second-order valence-corrected chi connectivity index (χ2v) is 12.2. The maximum absolute atomic E-state index is 13.1. The second-order valence-electron chi connectivity index (χ2n) is 8.67. The first-order valence-electron chi connectivity index (χ1n) is 11.7. The number of carbonyl (C=O) groups excluding carboxylic acids is 2. The van der Waals surface area contributed by atoms with Crippen LogP contribution in [-0.2, 0) is 19.4 Å². The van der Waals surface area contributed by atoms with Gasteiger partial charge in [-0.25, -0.2) is 18.7 Å². The molecule has 1 aliphatic heterocycles. The maximum atomic E-state index is 13.1. The van der Waals surface area contributed by atoms with E-state index in [-0.39, 0.29) is 18.2 Å². The third-order valence-electron chi connectivity index (χ3n) is 6.19. The summed E-state index contributed by atoms with van der Waals surface area (Å²) in [6, 6.07) is 10.7. The molecule has 8 nitrogen and oxygen atoms in total. The summed E-state index contributed by atoms with van der Waals surface area (Å²) in [5, 5.41) is 14.8. The molecule has 34 heavy (non-hydrogen) atoms. The lowest BCUT2D eigenvalue weighted by Gasteiger charge is -2.35. The van der Waals surface area contributed by atoms with E-state index in [1.807, 2.05) is 24.3 Å². The van der Waals surface area contributed by atoms with Crippen molar-refractivity contribution >= 4 is 38.8 Å². The van der Waals surface area contributed by atoms with Gasteiger partial charge < -0.3 is 10.6 Å². The number of nitrogens with one attached hydrogen (secondary N) is 3. The highest BCUT2D eigenvalue weighted by molar-refractivity contribution is 7.92. The van der Waals surface area contributed by atoms with E-state index in [4.69, 9.17) is 5.21 Å². The van der Waals surface area contributed by atoms with E-state index in [1.165, 1.54) is 11.3 Å². The minimum atomic E-state index is -3.58. The molecule has 0 bridgehead atoms. The van der Waals surface area contributed by atoms with Crippen LogP contribution in [0.25, 0.3) is 10.4 Å². The molecular weight excluding hydrogens is 474 g/mol. The van der Waals surface area contributed by atoms with Gasteiger partial charge in [-0.15, -0.1) is 11.3 Å². The van der Waals surface area contributed by atoms with Gasteiger partial charge in [-0.05, 0) is 49.1 Å². The van der Waals surface area contributed by atoms with Gasteiger partial charge in [-0.2, -0.15) is 0 Å². The Morgan fingerprint density at radius 2 is 1.94 bits per heavy atom. The van der Waals surface area contributed by atoms with Crippen LogP contribution in [0.3, 0.4) is 0 Å². The number of thiophene rings is 1. The van der Waals surface area contributed by atoms with Gasteiger partial charge in [-0.3, -0.25) is 10.0 Å². The lowest BCUT2D eigenvalue weighted by Crippen LogP contribution is -2.43. The Kier molecular flexibility index (Phi) is 9.10. The molecule has 0 spiro atoms. The first kappa shape index (κ1) is 26.2. The summed E-state index contributed by atoms with van der Waals surface area (Å²) < 4.78 is 24.9. The Labute approximate surface area is 205 Å². The minimum Gasteiger partial charge on any atom is -0.338 e. The van der Waals surface area contributed by atoms with E-state index in [1.54, 1.807) is 17.6 Å². The van der Waals surface area contributed by atoms with E-state index in [0.29, 0.717) is 36.4 Å². The van der Waals surface area contributed by atoms with Crippen molar-refractivity contribution in [1.82, 2.24) is 10.8 Å². The van der Waals surface area contributed by atoms with Crippen molar-refractivity contribution in [2.24, 2.45) is 0 Å². The van der Waals surface area contributed by atoms with E-state index in [0.717, 1.165) is 36.1 Å². The number of sulfone groups is 1. The van der Waals surface area contributed by atoms with Crippen LogP contribution in [0.2, 0.25) is 0 Å². The van der Waals surface area contributed by atoms with E-state index in [2.05, 4.69) is 17.6 Å². The minimum absolute atomic E-state index is 0.0197. The van der Waals surface area contributed by atoms with Crippen LogP contribution < -0.4 is 16.1 Å². The van der Waals surface area contributed by atoms with Gasteiger partial charge in [-0.1, -0.05) is 44.7 Å². The number of hydrogen-bond donors (Lipinski definition) is 4. The zero-order valence-electron chi connectivity index (χ0n) is 19.4. The molecule has 10 heteroatoms. The van der Waals surface area contributed by atoms with Crippen LogP contribution in [-0.4, -0.2) is 37.9 Å². The van der Waals surface area contributed by atoms with Crippen molar-refractivity contribution < 1.29 is 23.2 Å². The highest BCUT2D eigenvalue weighted by Crippen LogP contribution is 2.47. The predicted octanol–water partition coefficient (Wildman–Crippen LogP) is 4.81. The molecule has 0 unspecified atom stereocenters. The molecule has 4 N–H and O–H groups in total. The molecule has 3 amide bonds. The second kappa shape index (κ2) is 11.8. The summed E-state index contributed by atoms with van der Waals surface area (Å²) in [6.07, 6.45) is 5.61. The van der Waals surface area contributed by atoms with Gasteiger partial charge in [0.25, 0.3) is 0 Å². The smallest absolute Gasteiger partial charge is 0.319 e. The summed E-state index contributed by atoms with van der Waals surface area (Å²) in [6.45, 7) is 2.77. The topological polar surface area (TPSA) is 125 Å². The first-order valence-corrected chi connectivity index (χ1v) is 14.2. The van der Waals surface area contributed by atoms with Gasteiger partial charge in [0.2, 0.25) is 5.91 Å².